The van der Waals surface area contributed by atoms with Crippen LogP contribution >= 0.6 is 11.6 Å². The Labute approximate surface area is 159 Å². The summed E-state index contributed by atoms with van der Waals surface area (Å²) in [6.45, 7) is 9.16. The molecule has 26 heavy (non-hydrogen) atoms. The van der Waals surface area contributed by atoms with Crippen LogP contribution in [0.4, 0.5) is 5.82 Å². The molecule has 0 spiro atoms. The summed E-state index contributed by atoms with van der Waals surface area (Å²) in [5.41, 5.74) is 5.81. The Morgan fingerprint density at radius 1 is 1.27 bits per heavy atom. The topological polar surface area (TPSA) is 84.6 Å². The Balaban J connectivity index is 1.51. The van der Waals surface area contributed by atoms with E-state index in [0.717, 1.165) is 45.6 Å². The molecule has 2 saturated heterocycles. The average molecular weight is 382 g/mol. The smallest absolute Gasteiger partial charge is 0.252 e. The number of halogens is 1. The quantitative estimate of drug-likeness (QED) is 0.839. The van der Waals surface area contributed by atoms with Crippen molar-refractivity contribution in [1.82, 2.24) is 15.1 Å². The van der Waals surface area contributed by atoms with E-state index in [1.54, 1.807) is 0 Å². The van der Waals surface area contributed by atoms with Gasteiger partial charge in [0.15, 0.2) is 11.0 Å². The average Bonchev–Trinajstić information content (AvgIpc) is 2.59. The zero-order valence-corrected chi connectivity index (χ0v) is 16.3. The molecule has 2 fully saturated rings. The number of anilines is 1. The van der Waals surface area contributed by atoms with E-state index in [4.69, 9.17) is 22.1 Å². The van der Waals surface area contributed by atoms with Crippen LogP contribution in [0, 0.1) is 5.92 Å². The van der Waals surface area contributed by atoms with Crippen LogP contribution in [-0.4, -0.2) is 65.9 Å². The third kappa shape index (κ3) is 4.84. The number of rotatable bonds is 5. The lowest BCUT2D eigenvalue weighted by Gasteiger charge is -2.37. The first-order chi connectivity index (χ1) is 12.4. The number of hydrogen-bond donors (Lipinski definition) is 1. The van der Waals surface area contributed by atoms with Gasteiger partial charge in [-0.2, -0.15) is 0 Å². The number of carbonyl (C=O) groups excluding carboxylic acids is 1. The molecule has 0 bridgehead atoms. The summed E-state index contributed by atoms with van der Waals surface area (Å²) in [4.78, 5) is 16.3. The van der Waals surface area contributed by atoms with Crippen molar-refractivity contribution in [2.75, 3.05) is 37.6 Å². The molecule has 144 valence electrons. The fraction of sp³-hybridized carbons (Fsp3) is 0.722. The normalized spacial score (nSPS) is 25.4. The van der Waals surface area contributed by atoms with Crippen molar-refractivity contribution in [3.05, 3.63) is 16.8 Å². The molecular weight excluding hydrogens is 354 g/mol. The Kier molecular flexibility index (Phi) is 6.32. The van der Waals surface area contributed by atoms with Crippen molar-refractivity contribution in [3.63, 3.8) is 0 Å². The molecule has 8 heteroatoms. The van der Waals surface area contributed by atoms with Crippen molar-refractivity contribution in [1.29, 1.82) is 0 Å². The molecule has 1 aromatic heterocycles. The first kappa shape index (κ1) is 19.3. The van der Waals surface area contributed by atoms with Crippen LogP contribution in [-0.2, 0) is 4.74 Å². The Morgan fingerprint density at radius 3 is 2.54 bits per heavy atom. The maximum absolute atomic E-state index is 11.7. The number of primary amides is 1. The van der Waals surface area contributed by atoms with Crippen LogP contribution < -0.4 is 10.6 Å². The van der Waals surface area contributed by atoms with Gasteiger partial charge in [0.25, 0.3) is 5.91 Å². The highest BCUT2D eigenvalue weighted by Gasteiger charge is 2.26. The molecule has 7 nitrogen and oxygen atoms in total. The van der Waals surface area contributed by atoms with E-state index in [9.17, 15) is 4.79 Å². The van der Waals surface area contributed by atoms with Gasteiger partial charge in [-0.25, -0.2) is 0 Å². The van der Waals surface area contributed by atoms with Gasteiger partial charge in [0.1, 0.15) is 0 Å². The van der Waals surface area contributed by atoms with Crippen molar-refractivity contribution in [3.8, 4) is 0 Å². The van der Waals surface area contributed by atoms with Crippen LogP contribution in [0.2, 0.25) is 5.15 Å². The van der Waals surface area contributed by atoms with E-state index in [1.807, 2.05) is 0 Å². The third-order valence-corrected chi connectivity index (χ3v) is 5.46. The van der Waals surface area contributed by atoms with E-state index in [-0.39, 0.29) is 5.15 Å². The highest BCUT2D eigenvalue weighted by molar-refractivity contribution is 6.29. The van der Waals surface area contributed by atoms with E-state index < -0.39 is 5.91 Å². The largest absolute Gasteiger partial charge is 0.373 e. The van der Waals surface area contributed by atoms with Gasteiger partial charge in [-0.1, -0.05) is 11.6 Å². The molecule has 1 amide bonds. The summed E-state index contributed by atoms with van der Waals surface area (Å²) in [6, 6.07) is 1.50. The second kappa shape index (κ2) is 8.50. The van der Waals surface area contributed by atoms with Gasteiger partial charge in [-0.15, -0.1) is 10.2 Å². The summed E-state index contributed by atoms with van der Waals surface area (Å²) in [7, 11) is 0. The Morgan fingerprint density at radius 2 is 1.92 bits per heavy atom. The SMILES string of the molecule is CC1CN(CCC2CCN(c3nnc(Cl)cc3C(N)=O)CC2)CC(C)O1. The lowest BCUT2D eigenvalue weighted by molar-refractivity contribution is -0.0690. The van der Waals surface area contributed by atoms with Crippen LogP contribution in [0.5, 0.6) is 0 Å². The Bertz CT molecular complexity index is 626. The lowest BCUT2D eigenvalue weighted by atomic mass is 9.93. The fourth-order valence-electron chi connectivity index (χ4n) is 4.04. The summed E-state index contributed by atoms with van der Waals surface area (Å²) in [5.74, 6) is 0.725. The molecule has 0 aromatic carbocycles. The predicted octanol–water partition coefficient (Wildman–Crippen LogP) is 1.94. The predicted molar refractivity (Wildman–Crippen MR) is 102 cm³/mol. The number of piperidine rings is 1. The summed E-state index contributed by atoms with van der Waals surface area (Å²) in [6.07, 6.45) is 3.99. The van der Waals surface area contributed by atoms with Crippen LogP contribution in [0.1, 0.15) is 43.5 Å². The van der Waals surface area contributed by atoms with E-state index >= 15 is 0 Å². The van der Waals surface area contributed by atoms with Gasteiger partial charge in [0.2, 0.25) is 0 Å². The van der Waals surface area contributed by atoms with Gasteiger partial charge in [0, 0.05) is 26.2 Å². The van der Waals surface area contributed by atoms with Crippen LogP contribution in [0.3, 0.4) is 0 Å². The number of hydrogen-bond acceptors (Lipinski definition) is 6. The standard InChI is InChI=1S/C18H28ClN5O2/c1-12-10-23(11-13(2)26-12)6-3-14-4-7-24(8-5-14)18-15(17(20)25)9-16(19)21-22-18/h9,12-14H,3-8,10-11H2,1-2H3,(H2,20,25). The van der Waals surface area contributed by atoms with E-state index in [0.29, 0.717) is 29.5 Å². The van der Waals surface area contributed by atoms with Crippen LogP contribution in [0.15, 0.2) is 6.07 Å². The maximum atomic E-state index is 11.7. The highest BCUT2D eigenvalue weighted by Crippen LogP contribution is 2.27. The maximum Gasteiger partial charge on any atom is 0.252 e. The fourth-order valence-corrected chi connectivity index (χ4v) is 4.19. The van der Waals surface area contributed by atoms with Crippen molar-refractivity contribution >= 4 is 23.3 Å². The summed E-state index contributed by atoms with van der Waals surface area (Å²) < 4.78 is 5.80. The molecular formula is C18H28ClN5O2. The molecule has 3 heterocycles. The van der Waals surface area contributed by atoms with Crippen LogP contribution in [0.25, 0.3) is 0 Å². The third-order valence-electron chi connectivity index (χ3n) is 5.27. The van der Waals surface area contributed by atoms with Crippen molar-refractivity contribution < 1.29 is 9.53 Å². The zero-order valence-electron chi connectivity index (χ0n) is 15.5. The molecule has 0 aliphatic carbocycles. The number of amides is 1. The molecule has 1 aromatic rings. The molecule has 0 saturated carbocycles. The second-order valence-corrected chi connectivity index (χ2v) is 7.89. The monoisotopic (exact) mass is 381 g/mol. The van der Waals surface area contributed by atoms with Crippen molar-refractivity contribution in [2.24, 2.45) is 11.7 Å². The molecule has 2 aliphatic heterocycles. The number of morpholine rings is 1. The van der Waals surface area contributed by atoms with Crippen molar-refractivity contribution in [2.45, 2.75) is 45.3 Å². The Hall–Kier alpha value is -1.44. The molecule has 2 aliphatic rings. The van der Waals surface area contributed by atoms with Gasteiger partial charge < -0.3 is 15.4 Å². The van der Waals surface area contributed by atoms with E-state index in [1.165, 1.54) is 12.5 Å². The van der Waals surface area contributed by atoms with Gasteiger partial charge in [-0.05, 0) is 51.6 Å². The first-order valence-corrected chi connectivity index (χ1v) is 9.76. The second-order valence-electron chi connectivity index (χ2n) is 7.50. The minimum Gasteiger partial charge on any atom is -0.373 e. The summed E-state index contributed by atoms with van der Waals surface area (Å²) in [5, 5.41) is 8.17. The summed E-state index contributed by atoms with van der Waals surface area (Å²) >= 11 is 5.85. The number of ether oxygens (including phenoxy) is 1. The number of aromatic nitrogens is 2. The van der Waals surface area contributed by atoms with Gasteiger partial charge >= 0.3 is 0 Å². The minimum absolute atomic E-state index is 0.186. The lowest BCUT2D eigenvalue weighted by Crippen LogP contribution is -2.46. The minimum atomic E-state index is -0.519. The first-order valence-electron chi connectivity index (χ1n) is 9.38. The molecule has 2 atom stereocenters. The molecule has 0 radical (unpaired) electrons. The number of nitrogens with zero attached hydrogens (tertiary/aromatic N) is 4. The molecule has 3 rings (SSSR count). The highest BCUT2D eigenvalue weighted by atomic mass is 35.5. The molecule has 2 unspecified atom stereocenters. The number of nitrogens with two attached hydrogens (primary N) is 1. The zero-order chi connectivity index (χ0) is 18.7. The van der Waals surface area contributed by atoms with Gasteiger partial charge in [0.05, 0.1) is 17.8 Å². The number of carbonyl (C=O) groups is 1. The van der Waals surface area contributed by atoms with Gasteiger partial charge in [-0.3, -0.25) is 9.69 Å². The molecule has 2 N–H and O–H groups in total. The van der Waals surface area contributed by atoms with E-state index in [2.05, 4.69) is 33.8 Å².